The average molecular weight is 354 g/mol. The van der Waals surface area contributed by atoms with Gasteiger partial charge in [-0.25, -0.2) is 14.3 Å². The van der Waals surface area contributed by atoms with E-state index in [0.717, 1.165) is 9.87 Å². The van der Waals surface area contributed by atoms with Crippen LogP contribution in [0.1, 0.15) is 5.56 Å². The Morgan fingerprint density at radius 2 is 1.70 bits per heavy atom. The highest BCUT2D eigenvalue weighted by Crippen LogP contribution is 2.20. The molecule has 122 valence electrons. The molecule has 0 aliphatic rings. The lowest BCUT2D eigenvalue weighted by atomic mass is 10.2. The number of hydrogen-bond acceptors (Lipinski definition) is 4. The number of nitrogens with two attached hydrogens (primary N) is 1. The van der Waals surface area contributed by atoms with Crippen LogP contribution in [0.15, 0.2) is 59.5 Å². The van der Waals surface area contributed by atoms with Crippen molar-refractivity contribution in [1.29, 1.82) is 0 Å². The molecule has 23 heavy (non-hydrogen) atoms. The summed E-state index contributed by atoms with van der Waals surface area (Å²) in [6.45, 7) is -0.324. The maximum absolute atomic E-state index is 12.8. The number of nitrogens with one attached hydrogen (secondary N) is 1. The van der Waals surface area contributed by atoms with Gasteiger partial charge in [0.1, 0.15) is 0 Å². The first-order chi connectivity index (χ1) is 10.9. The standard InChI is InChI=1S/C15H16ClN3O3S/c16-13-6-8-14(9-7-13)23(21,22)19(11-15(20)18-17)10-12-4-2-1-3-5-12/h1-9H,10-11,17H2,(H,18,20). The van der Waals surface area contributed by atoms with Gasteiger partial charge in [0.2, 0.25) is 15.9 Å². The van der Waals surface area contributed by atoms with Gasteiger partial charge in [-0.05, 0) is 29.8 Å². The van der Waals surface area contributed by atoms with Crippen molar-refractivity contribution in [2.45, 2.75) is 11.4 Å². The summed E-state index contributed by atoms with van der Waals surface area (Å²) in [5.74, 6) is 4.48. The van der Waals surface area contributed by atoms with Crippen LogP contribution in [0.5, 0.6) is 0 Å². The molecular formula is C15H16ClN3O3S. The molecule has 1 amide bonds. The number of hydrazine groups is 1. The van der Waals surface area contributed by atoms with E-state index in [1.807, 2.05) is 11.5 Å². The van der Waals surface area contributed by atoms with Crippen molar-refractivity contribution in [1.82, 2.24) is 9.73 Å². The minimum Gasteiger partial charge on any atom is -0.293 e. The summed E-state index contributed by atoms with van der Waals surface area (Å²) in [4.78, 5) is 11.6. The molecule has 6 nitrogen and oxygen atoms in total. The third-order valence-corrected chi connectivity index (χ3v) is 5.19. The summed E-state index contributed by atoms with van der Waals surface area (Å²) in [6, 6.07) is 14.8. The van der Waals surface area contributed by atoms with E-state index in [4.69, 9.17) is 17.4 Å². The summed E-state index contributed by atoms with van der Waals surface area (Å²) in [7, 11) is -3.86. The number of hydrogen-bond donors (Lipinski definition) is 2. The van der Waals surface area contributed by atoms with Gasteiger partial charge >= 0.3 is 0 Å². The van der Waals surface area contributed by atoms with Crippen molar-refractivity contribution in [3.05, 3.63) is 65.2 Å². The summed E-state index contributed by atoms with van der Waals surface area (Å²) >= 11 is 5.79. The summed E-state index contributed by atoms with van der Waals surface area (Å²) in [5.41, 5.74) is 2.71. The van der Waals surface area contributed by atoms with E-state index in [1.165, 1.54) is 24.3 Å². The topological polar surface area (TPSA) is 92.5 Å². The van der Waals surface area contributed by atoms with Gasteiger partial charge in [-0.15, -0.1) is 0 Å². The van der Waals surface area contributed by atoms with Crippen molar-refractivity contribution in [2.24, 2.45) is 5.84 Å². The molecule has 0 saturated carbocycles. The van der Waals surface area contributed by atoms with Crippen LogP contribution in [0.2, 0.25) is 5.02 Å². The van der Waals surface area contributed by atoms with Gasteiger partial charge in [-0.1, -0.05) is 41.9 Å². The third kappa shape index (κ3) is 4.52. The van der Waals surface area contributed by atoms with Gasteiger partial charge < -0.3 is 0 Å². The highest BCUT2D eigenvalue weighted by molar-refractivity contribution is 7.89. The minimum atomic E-state index is -3.86. The number of carbonyl (C=O) groups excluding carboxylic acids is 1. The molecule has 0 heterocycles. The van der Waals surface area contributed by atoms with Gasteiger partial charge in [0.15, 0.2) is 0 Å². The number of benzene rings is 2. The summed E-state index contributed by atoms with van der Waals surface area (Å²) < 4.78 is 26.6. The van der Waals surface area contributed by atoms with Gasteiger partial charge in [-0.2, -0.15) is 4.31 Å². The molecule has 0 aliphatic carbocycles. The van der Waals surface area contributed by atoms with E-state index in [1.54, 1.807) is 24.3 Å². The first-order valence-electron chi connectivity index (χ1n) is 6.72. The summed E-state index contributed by atoms with van der Waals surface area (Å²) in [6.07, 6.45) is 0. The number of nitrogens with zero attached hydrogens (tertiary/aromatic N) is 1. The molecule has 2 aromatic carbocycles. The number of halogens is 1. The Morgan fingerprint density at radius 3 is 2.26 bits per heavy atom. The van der Waals surface area contributed by atoms with Gasteiger partial charge in [0.05, 0.1) is 11.4 Å². The van der Waals surface area contributed by atoms with Gasteiger partial charge in [0, 0.05) is 11.6 Å². The molecule has 0 atom stereocenters. The fourth-order valence-electron chi connectivity index (χ4n) is 1.97. The van der Waals surface area contributed by atoms with Crippen LogP contribution in [-0.4, -0.2) is 25.2 Å². The second-order valence-electron chi connectivity index (χ2n) is 4.78. The van der Waals surface area contributed by atoms with E-state index in [9.17, 15) is 13.2 Å². The molecule has 0 aromatic heterocycles. The highest BCUT2D eigenvalue weighted by Gasteiger charge is 2.26. The van der Waals surface area contributed by atoms with Crippen LogP contribution >= 0.6 is 11.6 Å². The van der Waals surface area contributed by atoms with Crippen LogP contribution in [0.3, 0.4) is 0 Å². The molecular weight excluding hydrogens is 338 g/mol. The Kier molecular flexibility index (Phi) is 5.73. The molecule has 0 bridgehead atoms. The fraction of sp³-hybridized carbons (Fsp3) is 0.133. The highest BCUT2D eigenvalue weighted by atomic mass is 35.5. The molecule has 0 fully saturated rings. The van der Waals surface area contributed by atoms with Crippen molar-refractivity contribution < 1.29 is 13.2 Å². The average Bonchev–Trinajstić information content (AvgIpc) is 2.55. The third-order valence-electron chi connectivity index (χ3n) is 3.13. The molecule has 3 N–H and O–H groups in total. The lowest BCUT2D eigenvalue weighted by Gasteiger charge is -2.21. The second kappa shape index (κ2) is 7.56. The normalized spacial score (nSPS) is 11.4. The van der Waals surface area contributed by atoms with E-state index in [0.29, 0.717) is 5.02 Å². The zero-order valence-electron chi connectivity index (χ0n) is 12.1. The zero-order chi connectivity index (χ0) is 16.9. The van der Waals surface area contributed by atoms with Crippen molar-refractivity contribution in [3.63, 3.8) is 0 Å². The number of sulfonamides is 1. The Morgan fingerprint density at radius 1 is 1.09 bits per heavy atom. The van der Waals surface area contributed by atoms with E-state index in [-0.39, 0.29) is 18.0 Å². The number of carbonyl (C=O) groups is 1. The molecule has 2 rings (SSSR count). The minimum absolute atomic E-state index is 0.0548. The first-order valence-corrected chi connectivity index (χ1v) is 8.54. The van der Waals surface area contributed by atoms with Crippen LogP contribution in [0.25, 0.3) is 0 Å². The lowest BCUT2D eigenvalue weighted by Crippen LogP contribution is -2.42. The molecule has 8 heteroatoms. The lowest BCUT2D eigenvalue weighted by molar-refractivity contribution is -0.121. The van der Waals surface area contributed by atoms with Crippen LogP contribution in [0, 0.1) is 0 Å². The van der Waals surface area contributed by atoms with Gasteiger partial charge in [0.25, 0.3) is 0 Å². The Labute approximate surface area is 139 Å². The number of rotatable bonds is 6. The van der Waals surface area contributed by atoms with Crippen molar-refractivity contribution >= 4 is 27.5 Å². The SMILES string of the molecule is NNC(=O)CN(Cc1ccccc1)S(=O)(=O)c1ccc(Cl)cc1. The predicted octanol–water partition coefficient (Wildman–Crippen LogP) is 1.52. The Bertz CT molecular complexity index is 764. The Balaban J connectivity index is 2.35. The first kappa shape index (κ1) is 17.4. The quantitative estimate of drug-likeness (QED) is 0.468. The van der Waals surface area contributed by atoms with Crippen LogP contribution in [-0.2, 0) is 21.4 Å². The summed E-state index contributed by atoms with van der Waals surface area (Å²) in [5, 5.41) is 0.429. The smallest absolute Gasteiger partial charge is 0.249 e. The monoisotopic (exact) mass is 353 g/mol. The zero-order valence-corrected chi connectivity index (χ0v) is 13.7. The van der Waals surface area contributed by atoms with E-state index in [2.05, 4.69) is 0 Å². The maximum Gasteiger partial charge on any atom is 0.249 e. The largest absolute Gasteiger partial charge is 0.293 e. The molecule has 0 spiro atoms. The van der Waals surface area contributed by atoms with Crippen LogP contribution < -0.4 is 11.3 Å². The predicted molar refractivity (Wildman–Crippen MR) is 87.8 cm³/mol. The molecule has 0 saturated heterocycles. The van der Waals surface area contributed by atoms with Crippen molar-refractivity contribution in [3.8, 4) is 0 Å². The van der Waals surface area contributed by atoms with E-state index < -0.39 is 15.9 Å². The van der Waals surface area contributed by atoms with Crippen molar-refractivity contribution in [2.75, 3.05) is 6.54 Å². The Hall–Kier alpha value is -1.93. The van der Waals surface area contributed by atoms with E-state index >= 15 is 0 Å². The molecule has 2 aromatic rings. The molecule has 0 aliphatic heterocycles. The second-order valence-corrected chi connectivity index (χ2v) is 7.15. The molecule has 0 radical (unpaired) electrons. The number of amides is 1. The fourth-order valence-corrected chi connectivity index (χ4v) is 3.48. The van der Waals surface area contributed by atoms with Crippen LogP contribution in [0.4, 0.5) is 0 Å². The maximum atomic E-state index is 12.8. The van der Waals surface area contributed by atoms with Gasteiger partial charge in [-0.3, -0.25) is 10.2 Å². The molecule has 0 unspecified atom stereocenters.